The molecule has 3 aromatic rings. The quantitative estimate of drug-likeness (QED) is 0.783. The van der Waals surface area contributed by atoms with Crippen LogP contribution in [0.25, 0.3) is 11.0 Å². The molecule has 0 aliphatic rings. The summed E-state index contributed by atoms with van der Waals surface area (Å²) in [6, 6.07) is 14.0. The highest BCUT2D eigenvalue weighted by molar-refractivity contribution is 6.30. The van der Waals surface area contributed by atoms with E-state index in [-0.39, 0.29) is 0 Å². The van der Waals surface area contributed by atoms with Crippen molar-refractivity contribution in [1.29, 1.82) is 0 Å². The van der Waals surface area contributed by atoms with Crippen molar-refractivity contribution in [2.75, 3.05) is 5.32 Å². The number of fused-ring (bicyclic) bond motifs is 1. The number of hydrogen-bond acceptors (Lipinski definition) is 2. The minimum Gasteiger partial charge on any atom is -0.378 e. The van der Waals surface area contributed by atoms with E-state index < -0.39 is 0 Å². The molecule has 0 aliphatic carbocycles. The van der Waals surface area contributed by atoms with Gasteiger partial charge in [-0.25, -0.2) is 4.98 Å². The third-order valence-corrected chi connectivity index (χ3v) is 3.75. The Morgan fingerprint density at radius 3 is 2.80 bits per heavy atom. The van der Waals surface area contributed by atoms with E-state index in [4.69, 9.17) is 11.6 Å². The van der Waals surface area contributed by atoms with Gasteiger partial charge in [-0.2, -0.15) is 0 Å². The van der Waals surface area contributed by atoms with Crippen LogP contribution in [0.2, 0.25) is 5.02 Å². The van der Waals surface area contributed by atoms with Crippen LogP contribution in [0.4, 0.5) is 5.69 Å². The van der Waals surface area contributed by atoms with Gasteiger partial charge in [-0.15, -0.1) is 0 Å². The Labute approximate surface area is 123 Å². The summed E-state index contributed by atoms with van der Waals surface area (Å²) < 4.78 is 2.11. The van der Waals surface area contributed by atoms with Gasteiger partial charge in [0.15, 0.2) is 0 Å². The van der Waals surface area contributed by atoms with Crippen LogP contribution < -0.4 is 5.32 Å². The number of halogens is 1. The number of aryl methyl sites for hydroxylation is 2. The van der Waals surface area contributed by atoms with E-state index in [9.17, 15) is 0 Å². The van der Waals surface area contributed by atoms with Gasteiger partial charge in [0, 0.05) is 17.8 Å². The van der Waals surface area contributed by atoms with E-state index in [1.54, 1.807) is 0 Å². The van der Waals surface area contributed by atoms with Crippen molar-refractivity contribution in [2.24, 2.45) is 7.05 Å². The van der Waals surface area contributed by atoms with Crippen molar-refractivity contribution in [2.45, 2.75) is 13.5 Å². The Bertz CT molecular complexity index is 762. The Hall–Kier alpha value is -2.00. The molecular formula is C16H16ClN3. The molecule has 0 radical (unpaired) electrons. The van der Waals surface area contributed by atoms with Crippen LogP contribution in [0.15, 0.2) is 42.5 Å². The number of aromatic nitrogens is 2. The Morgan fingerprint density at radius 2 is 2.00 bits per heavy atom. The van der Waals surface area contributed by atoms with E-state index in [0.717, 1.165) is 27.6 Å². The van der Waals surface area contributed by atoms with Gasteiger partial charge in [0.1, 0.15) is 5.82 Å². The molecule has 4 heteroatoms. The van der Waals surface area contributed by atoms with Crippen molar-refractivity contribution in [3.05, 3.63) is 58.9 Å². The highest BCUT2D eigenvalue weighted by Crippen LogP contribution is 2.21. The minimum absolute atomic E-state index is 0.673. The SMILES string of the molecule is Cc1ccc(Cl)cc1NCc1nc2ccccc2n1C. The molecule has 0 aliphatic heterocycles. The number of nitrogens with one attached hydrogen (secondary N) is 1. The molecule has 102 valence electrons. The number of anilines is 1. The molecule has 0 bridgehead atoms. The predicted octanol–water partition coefficient (Wildman–Crippen LogP) is 4.15. The van der Waals surface area contributed by atoms with Crippen LogP contribution in [-0.2, 0) is 13.6 Å². The van der Waals surface area contributed by atoms with Gasteiger partial charge in [-0.1, -0.05) is 29.8 Å². The number of nitrogens with zero attached hydrogens (tertiary/aromatic N) is 2. The van der Waals surface area contributed by atoms with E-state index in [0.29, 0.717) is 6.54 Å². The summed E-state index contributed by atoms with van der Waals surface area (Å²) in [7, 11) is 2.04. The molecule has 0 spiro atoms. The number of para-hydroxylation sites is 2. The lowest BCUT2D eigenvalue weighted by atomic mass is 10.2. The van der Waals surface area contributed by atoms with Gasteiger partial charge < -0.3 is 9.88 Å². The predicted molar refractivity (Wildman–Crippen MR) is 84.2 cm³/mol. The first-order valence-corrected chi connectivity index (χ1v) is 6.93. The van der Waals surface area contributed by atoms with Crippen LogP contribution >= 0.6 is 11.6 Å². The summed E-state index contributed by atoms with van der Waals surface area (Å²) >= 11 is 6.03. The summed E-state index contributed by atoms with van der Waals surface area (Å²) in [6.07, 6.45) is 0. The summed E-state index contributed by atoms with van der Waals surface area (Å²) in [6.45, 7) is 2.74. The second kappa shape index (κ2) is 5.17. The molecule has 1 heterocycles. The Kier molecular flexibility index (Phi) is 3.36. The van der Waals surface area contributed by atoms with Crippen LogP contribution in [0, 0.1) is 6.92 Å². The summed E-state index contributed by atoms with van der Waals surface area (Å²) in [5, 5.41) is 4.14. The second-order valence-corrected chi connectivity index (χ2v) is 5.32. The highest BCUT2D eigenvalue weighted by Gasteiger charge is 2.07. The summed E-state index contributed by atoms with van der Waals surface area (Å²) in [5.41, 5.74) is 4.39. The normalized spacial score (nSPS) is 10.9. The molecule has 0 saturated carbocycles. The fourth-order valence-corrected chi connectivity index (χ4v) is 2.48. The van der Waals surface area contributed by atoms with Gasteiger partial charge >= 0.3 is 0 Å². The van der Waals surface area contributed by atoms with Gasteiger partial charge in [0.25, 0.3) is 0 Å². The zero-order chi connectivity index (χ0) is 14.1. The highest BCUT2D eigenvalue weighted by atomic mass is 35.5. The molecule has 3 nitrogen and oxygen atoms in total. The first-order chi connectivity index (χ1) is 9.65. The average molecular weight is 286 g/mol. The number of imidazole rings is 1. The maximum absolute atomic E-state index is 6.03. The standard InChI is InChI=1S/C16H16ClN3/c1-11-7-8-12(17)9-14(11)18-10-16-19-13-5-3-4-6-15(13)20(16)2/h3-9,18H,10H2,1-2H3. The largest absolute Gasteiger partial charge is 0.378 e. The molecule has 0 atom stereocenters. The van der Waals surface area contributed by atoms with Gasteiger partial charge in [0.2, 0.25) is 0 Å². The van der Waals surface area contributed by atoms with Crippen molar-refractivity contribution in [3.63, 3.8) is 0 Å². The molecule has 0 amide bonds. The first-order valence-electron chi connectivity index (χ1n) is 6.55. The number of benzene rings is 2. The Morgan fingerprint density at radius 1 is 1.20 bits per heavy atom. The number of hydrogen-bond donors (Lipinski definition) is 1. The van der Waals surface area contributed by atoms with E-state index in [2.05, 4.69) is 27.9 Å². The van der Waals surface area contributed by atoms with Crippen molar-refractivity contribution >= 4 is 28.3 Å². The monoisotopic (exact) mass is 285 g/mol. The lowest BCUT2D eigenvalue weighted by Crippen LogP contribution is -2.06. The van der Waals surface area contributed by atoms with Crippen LogP contribution in [0.3, 0.4) is 0 Å². The van der Waals surface area contributed by atoms with Crippen molar-refractivity contribution in [3.8, 4) is 0 Å². The smallest absolute Gasteiger partial charge is 0.128 e. The minimum atomic E-state index is 0.673. The summed E-state index contributed by atoms with van der Waals surface area (Å²) in [5.74, 6) is 1.01. The van der Waals surface area contributed by atoms with Crippen LogP contribution in [0.5, 0.6) is 0 Å². The molecule has 1 aromatic heterocycles. The zero-order valence-corrected chi connectivity index (χ0v) is 12.3. The molecule has 0 saturated heterocycles. The third kappa shape index (κ3) is 2.37. The first kappa shape index (κ1) is 13.0. The lowest BCUT2D eigenvalue weighted by Gasteiger charge is -2.10. The molecule has 20 heavy (non-hydrogen) atoms. The fraction of sp³-hybridized carbons (Fsp3) is 0.188. The van der Waals surface area contributed by atoms with Crippen molar-refractivity contribution < 1.29 is 0 Å². The van der Waals surface area contributed by atoms with E-state index >= 15 is 0 Å². The maximum atomic E-state index is 6.03. The van der Waals surface area contributed by atoms with Gasteiger partial charge in [-0.05, 0) is 36.8 Å². The van der Waals surface area contributed by atoms with Gasteiger partial charge in [-0.3, -0.25) is 0 Å². The topological polar surface area (TPSA) is 29.9 Å². The van der Waals surface area contributed by atoms with Crippen molar-refractivity contribution in [1.82, 2.24) is 9.55 Å². The van der Waals surface area contributed by atoms with Crippen LogP contribution in [-0.4, -0.2) is 9.55 Å². The fourth-order valence-electron chi connectivity index (χ4n) is 2.31. The third-order valence-electron chi connectivity index (χ3n) is 3.52. The number of rotatable bonds is 3. The van der Waals surface area contributed by atoms with Gasteiger partial charge in [0.05, 0.1) is 17.6 Å². The molecule has 0 fully saturated rings. The average Bonchev–Trinajstić information content (AvgIpc) is 2.77. The molecular weight excluding hydrogens is 270 g/mol. The molecule has 2 aromatic carbocycles. The second-order valence-electron chi connectivity index (χ2n) is 4.89. The molecule has 0 unspecified atom stereocenters. The summed E-state index contributed by atoms with van der Waals surface area (Å²) in [4.78, 5) is 4.65. The van der Waals surface area contributed by atoms with E-state index in [1.165, 1.54) is 5.56 Å². The Balaban J connectivity index is 1.87. The zero-order valence-electron chi connectivity index (χ0n) is 11.5. The van der Waals surface area contributed by atoms with E-state index in [1.807, 2.05) is 43.4 Å². The molecule has 1 N–H and O–H groups in total. The maximum Gasteiger partial charge on any atom is 0.128 e. The molecule has 3 rings (SSSR count). The van der Waals surface area contributed by atoms with Crippen LogP contribution in [0.1, 0.15) is 11.4 Å². The lowest BCUT2D eigenvalue weighted by molar-refractivity contribution is 0.834.